The second-order valence-electron chi connectivity index (χ2n) is 25.8. The van der Waals surface area contributed by atoms with Gasteiger partial charge >= 0.3 is 0 Å². The van der Waals surface area contributed by atoms with Gasteiger partial charge in [-0.15, -0.1) is 11.3 Å². The molecule has 3 aliphatic carbocycles. The molecule has 0 saturated carbocycles. The Morgan fingerprint density at radius 2 is 1.19 bits per heavy atom. The largest absolute Gasteiger partial charge is 0.456 e. The van der Waals surface area contributed by atoms with Crippen LogP contribution >= 0.6 is 11.3 Å². The second-order valence-corrected chi connectivity index (χ2v) is 26.9. The fourth-order valence-electron chi connectivity index (χ4n) is 12.9. The van der Waals surface area contributed by atoms with Gasteiger partial charge in [0.2, 0.25) is 0 Å². The molecule has 0 spiro atoms. The molecule has 67 heavy (non-hydrogen) atoms. The predicted octanol–water partition coefficient (Wildman–Crippen LogP) is 16.0. The van der Waals surface area contributed by atoms with Gasteiger partial charge in [-0.3, -0.25) is 0 Å². The number of aryl methyl sites for hydroxylation is 1. The summed E-state index contributed by atoms with van der Waals surface area (Å²) in [6.07, 6.45) is 11.2. The molecule has 5 aromatic carbocycles. The zero-order valence-corrected chi connectivity index (χ0v) is 43.5. The molecule has 0 radical (unpaired) electrons. The van der Waals surface area contributed by atoms with Crippen LogP contribution in [0.3, 0.4) is 0 Å². The van der Waals surface area contributed by atoms with Crippen molar-refractivity contribution < 1.29 is 4.42 Å². The Morgan fingerprint density at radius 3 is 1.87 bits per heavy atom. The van der Waals surface area contributed by atoms with Crippen molar-refractivity contribution in [3.05, 3.63) is 130 Å². The van der Waals surface area contributed by atoms with Gasteiger partial charge in [0.15, 0.2) is 0 Å². The number of rotatable bonds is 2. The van der Waals surface area contributed by atoms with Gasteiger partial charge in [0, 0.05) is 38.4 Å². The fraction of sp³-hybridized carbons (Fsp3) is 0.419. The molecule has 0 atom stereocenters. The molecule has 7 aromatic rings. The topological polar surface area (TPSA) is 19.6 Å². The second kappa shape index (κ2) is 13.8. The van der Waals surface area contributed by atoms with E-state index in [2.05, 4.69) is 198 Å². The van der Waals surface area contributed by atoms with Gasteiger partial charge in [-0.05, 0) is 187 Å². The van der Waals surface area contributed by atoms with Crippen LogP contribution in [-0.4, -0.2) is 6.71 Å². The average Bonchev–Trinajstić information content (AvgIpc) is 3.84. The first-order chi connectivity index (χ1) is 31.4. The van der Waals surface area contributed by atoms with Crippen molar-refractivity contribution in [3.8, 4) is 0 Å². The highest BCUT2D eigenvalue weighted by Crippen LogP contribution is 2.55. The van der Waals surface area contributed by atoms with Crippen molar-refractivity contribution in [2.75, 3.05) is 9.80 Å². The highest BCUT2D eigenvalue weighted by Gasteiger charge is 2.48. The summed E-state index contributed by atoms with van der Waals surface area (Å²) in [4.78, 5) is 5.41. The van der Waals surface area contributed by atoms with Crippen LogP contribution in [0.2, 0.25) is 0 Å². The first-order valence-electron chi connectivity index (χ1n) is 25.4. The molecule has 0 amide bonds. The Bertz CT molecular complexity index is 3300. The van der Waals surface area contributed by atoms with Crippen LogP contribution in [0, 0.1) is 0 Å². The lowest BCUT2D eigenvalue weighted by Gasteiger charge is -2.45. The predicted molar refractivity (Wildman–Crippen MR) is 291 cm³/mol. The zero-order chi connectivity index (χ0) is 47.1. The highest BCUT2D eigenvalue weighted by atomic mass is 32.1. The van der Waals surface area contributed by atoms with Crippen LogP contribution in [0.5, 0.6) is 0 Å². The summed E-state index contributed by atoms with van der Waals surface area (Å²) in [6.45, 7) is 34.1. The van der Waals surface area contributed by atoms with E-state index in [4.69, 9.17) is 4.42 Å². The van der Waals surface area contributed by atoms with Crippen LogP contribution in [0.1, 0.15) is 174 Å². The molecule has 0 bridgehead atoms. The fourth-order valence-corrected chi connectivity index (χ4v) is 14.2. The Morgan fingerprint density at radius 1 is 0.582 bits per heavy atom. The van der Waals surface area contributed by atoms with Crippen molar-refractivity contribution in [1.29, 1.82) is 0 Å². The van der Waals surface area contributed by atoms with Gasteiger partial charge < -0.3 is 14.2 Å². The molecular weight excluding hydrogens is 832 g/mol. The van der Waals surface area contributed by atoms with Gasteiger partial charge in [-0.25, -0.2) is 0 Å². The van der Waals surface area contributed by atoms with Gasteiger partial charge in [0.1, 0.15) is 11.3 Å². The van der Waals surface area contributed by atoms with E-state index in [9.17, 15) is 0 Å². The summed E-state index contributed by atoms with van der Waals surface area (Å²) in [5.74, 6) is 1.01. The number of benzene rings is 5. The maximum atomic E-state index is 6.72. The monoisotopic (exact) mass is 901 g/mol. The van der Waals surface area contributed by atoms with Crippen molar-refractivity contribution in [1.82, 2.24) is 0 Å². The van der Waals surface area contributed by atoms with Crippen molar-refractivity contribution in [3.63, 3.8) is 0 Å². The Balaban J connectivity index is 1.24. The van der Waals surface area contributed by atoms with E-state index < -0.39 is 0 Å². The SMILES string of the molecule is CC(C)(C)c1ccc2c(c1)N(c1cccc3oc4c(c13)CCC=C4)c1cc(C(C)(C)C)cc3c1B2c1c(sc2cc4c(cc12)C(C)(C)CCC4(C)C)N3c1ccc2c(c1)C(C)(C)CCC2(C)C. The molecule has 5 aliphatic rings. The van der Waals surface area contributed by atoms with Crippen LogP contribution in [0.4, 0.5) is 33.4 Å². The minimum atomic E-state index is -0.115. The first-order valence-corrected chi connectivity index (χ1v) is 26.2. The lowest BCUT2D eigenvalue weighted by molar-refractivity contribution is 0.332. The average molecular weight is 901 g/mol. The number of nitrogens with zero attached hydrogens (tertiary/aromatic N) is 2. The van der Waals surface area contributed by atoms with Crippen LogP contribution < -0.4 is 26.2 Å². The number of thiophene rings is 1. The Kier molecular flexibility index (Phi) is 8.94. The molecule has 0 fully saturated rings. The normalized spacial score (nSPS) is 19.5. The number of furan rings is 1. The summed E-state index contributed by atoms with van der Waals surface area (Å²) in [6, 6.07) is 32.3. The third kappa shape index (κ3) is 6.27. The standard InChI is InChI=1S/C62H69BN2OS/c1-57(2,3)36-22-25-45-47(30-36)65(46-19-17-21-51-53(46)39-18-15-16-20-50(39)66-51)49-32-37(58(4,5)6)31-48-55(49)63(45)54-40-34-43-44(62(13,14)29-28-61(43,11)12)35-52(40)67-56(54)64(48)38-23-24-41-42(33-38)60(9,10)27-26-59(41,7)8/h16-17,19-25,30-35H,15,18,26-29H2,1-14H3. The van der Waals surface area contributed by atoms with E-state index in [0.29, 0.717) is 0 Å². The quantitative estimate of drug-likeness (QED) is 0.161. The van der Waals surface area contributed by atoms with E-state index in [0.717, 1.165) is 24.2 Å². The molecular formula is C62H69BN2OS. The van der Waals surface area contributed by atoms with Crippen LogP contribution in [0.15, 0.2) is 89.4 Å². The molecule has 0 N–H and O–H groups in total. The molecule has 342 valence electrons. The third-order valence-electron chi connectivity index (χ3n) is 17.4. The third-order valence-corrected chi connectivity index (χ3v) is 18.5. The van der Waals surface area contributed by atoms with E-state index >= 15 is 0 Å². The molecule has 2 aliphatic heterocycles. The number of hydrogen-bond acceptors (Lipinski definition) is 4. The van der Waals surface area contributed by atoms with E-state index in [1.807, 2.05) is 11.3 Å². The molecule has 12 rings (SSSR count). The number of allylic oxidation sites excluding steroid dienone is 1. The van der Waals surface area contributed by atoms with Gasteiger partial charge in [-0.1, -0.05) is 127 Å². The summed E-state index contributed by atoms with van der Waals surface area (Å²) in [5.41, 5.74) is 21.9. The van der Waals surface area contributed by atoms with Crippen molar-refractivity contribution >= 4 is 95.0 Å². The maximum Gasteiger partial charge on any atom is 0.254 e. The lowest BCUT2D eigenvalue weighted by Crippen LogP contribution is -2.61. The molecule has 2 aromatic heterocycles. The summed E-state index contributed by atoms with van der Waals surface area (Å²) in [7, 11) is 0. The van der Waals surface area contributed by atoms with E-state index in [1.54, 1.807) is 0 Å². The molecule has 5 heteroatoms. The van der Waals surface area contributed by atoms with Crippen LogP contribution in [-0.2, 0) is 38.9 Å². The Hall–Kier alpha value is -5.00. The Labute approximate surface area is 404 Å². The van der Waals surface area contributed by atoms with E-state index in [1.165, 1.54) is 130 Å². The molecule has 4 heterocycles. The molecule has 0 unspecified atom stereocenters. The molecule has 0 saturated heterocycles. The zero-order valence-electron chi connectivity index (χ0n) is 42.7. The minimum Gasteiger partial charge on any atom is -0.456 e. The smallest absolute Gasteiger partial charge is 0.254 e. The van der Waals surface area contributed by atoms with Gasteiger partial charge in [-0.2, -0.15) is 0 Å². The molecule has 3 nitrogen and oxygen atoms in total. The van der Waals surface area contributed by atoms with Crippen LogP contribution in [0.25, 0.3) is 27.1 Å². The summed E-state index contributed by atoms with van der Waals surface area (Å²) in [5, 5.41) is 4.03. The van der Waals surface area contributed by atoms with E-state index in [-0.39, 0.29) is 39.2 Å². The van der Waals surface area contributed by atoms with Gasteiger partial charge in [0.05, 0.1) is 10.7 Å². The summed E-state index contributed by atoms with van der Waals surface area (Å²) >= 11 is 2.03. The highest BCUT2D eigenvalue weighted by molar-refractivity contribution is 7.26. The van der Waals surface area contributed by atoms with Gasteiger partial charge in [0.25, 0.3) is 6.71 Å². The maximum absolute atomic E-state index is 6.72. The van der Waals surface area contributed by atoms with Crippen molar-refractivity contribution in [2.45, 2.75) is 168 Å². The lowest BCUT2D eigenvalue weighted by atomic mass is 9.33. The minimum absolute atomic E-state index is 0.0328. The summed E-state index contributed by atoms with van der Waals surface area (Å²) < 4.78 is 8.13. The van der Waals surface area contributed by atoms with Crippen molar-refractivity contribution in [2.24, 2.45) is 0 Å². The number of anilines is 6. The number of fused-ring (bicyclic) bond motifs is 11. The number of hydrogen-bond donors (Lipinski definition) is 0. The first kappa shape index (κ1) is 43.3.